The molecule has 0 amide bonds. The van der Waals surface area contributed by atoms with Crippen LogP contribution in [0.1, 0.15) is 28.4 Å². The third-order valence-electron chi connectivity index (χ3n) is 4.33. The van der Waals surface area contributed by atoms with Crippen LogP contribution in [0.15, 0.2) is 60.8 Å². The SMILES string of the molecule is CCOC(=O)c1cnc(NCc2ccc(OC)cc2)cc1Nc1cccc(C)c1. The number of rotatable bonds is 8. The summed E-state index contributed by atoms with van der Waals surface area (Å²) in [6, 6.07) is 17.6. The van der Waals surface area contributed by atoms with E-state index < -0.39 is 5.97 Å². The van der Waals surface area contributed by atoms with E-state index in [1.165, 1.54) is 6.20 Å². The average Bonchev–Trinajstić information content (AvgIpc) is 2.73. The number of carbonyl (C=O) groups is 1. The van der Waals surface area contributed by atoms with Crippen LogP contribution < -0.4 is 15.4 Å². The largest absolute Gasteiger partial charge is 0.497 e. The number of methoxy groups -OCH3 is 1. The second kappa shape index (κ2) is 9.59. The number of esters is 1. The number of carbonyl (C=O) groups excluding carboxylic acids is 1. The molecule has 0 saturated heterocycles. The Labute approximate surface area is 170 Å². The lowest BCUT2D eigenvalue weighted by molar-refractivity contribution is 0.0527. The second-order valence-electron chi connectivity index (χ2n) is 6.53. The summed E-state index contributed by atoms with van der Waals surface area (Å²) >= 11 is 0. The maximum Gasteiger partial charge on any atom is 0.341 e. The highest BCUT2D eigenvalue weighted by molar-refractivity contribution is 5.96. The average molecular weight is 391 g/mol. The summed E-state index contributed by atoms with van der Waals surface area (Å²) in [5.74, 6) is 1.07. The highest BCUT2D eigenvalue weighted by Gasteiger charge is 2.15. The number of hydrogen-bond acceptors (Lipinski definition) is 6. The summed E-state index contributed by atoms with van der Waals surface area (Å²) in [7, 11) is 1.64. The van der Waals surface area contributed by atoms with Gasteiger partial charge < -0.3 is 20.1 Å². The van der Waals surface area contributed by atoms with Gasteiger partial charge in [-0.25, -0.2) is 9.78 Å². The van der Waals surface area contributed by atoms with Gasteiger partial charge in [-0.1, -0.05) is 24.3 Å². The summed E-state index contributed by atoms with van der Waals surface area (Å²) in [5.41, 5.74) is 4.14. The van der Waals surface area contributed by atoms with Crippen molar-refractivity contribution < 1.29 is 14.3 Å². The molecular formula is C23H25N3O3. The van der Waals surface area contributed by atoms with Gasteiger partial charge in [0.2, 0.25) is 0 Å². The molecule has 1 heterocycles. The van der Waals surface area contributed by atoms with Gasteiger partial charge >= 0.3 is 5.97 Å². The van der Waals surface area contributed by atoms with Crippen molar-refractivity contribution in [3.05, 3.63) is 77.5 Å². The molecule has 0 fully saturated rings. The molecule has 150 valence electrons. The molecule has 0 radical (unpaired) electrons. The molecular weight excluding hydrogens is 366 g/mol. The highest BCUT2D eigenvalue weighted by Crippen LogP contribution is 2.25. The van der Waals surface area contributed by atoms with E-state index in [2.05, 4.69) is 15.6 Å². The number of aryl methyl sites for hydroxylation is 1. The summed E-state index contributed by atoms with van der Waals surface area (Å²) in [5, 5.41) is 6.60. The van der Waals surface area contributed by atoms with Crippen LogP contribution in [0, 0.1) is 6.92 Å². The molecule has 3 rings (SSSR count). The molecule has 6 nitrogen and oxygen atoms in total. The molecule has 2 aromatic carbocycles. The predicted molar refractivity (Wildman–Crippen MR) is 115 cm³/mol. The van der Waals surface area contributed by atoms with E-state index in [1.807, 2.05) is 61.5 Å². The molecule has 0 aliphatic heterocycles. The zero-order valence-electron chi connectivity index (χ0n) is 16.9. The van der Waals surface area contributed by atoms with Crippen LogP contribution in [0.4, 0.5) is 17.2 Å². The van der Waals surface area contributed by atoms with Crippen molar-refractivity contribution in [1.29, 1.82) is 0 Å². The summed E-state index contributed by atoms with van der Waals surface area (Å²) < 4.78 is 10.4. The van der Waals surface area contributed by atoms with Crippen molar-refractivity contribution in [2.24, 2.45) is 0 Å². The number of aromatic nitrogens is 1. The zero-order chi connectivity index (χ0) is 20.6. The number of pyridine rings is 1. The molecule has 6 heteroatoms. The molecule has 0 saturated carbocycles. The van der Waals surface area contributed by atoms with E-state index in [0.717, 1.165) is 22.6 Å². The van der Waals surface area contributed by atoms with Crippen molar-refractivity contribution in [3.63, 3.8) is 0 Å². The molecule has 0 aliphatic rings. The summed E-state index contributed by atoms with van der Waals surface area (Å²) in [6.45, 7) is 4.70. The quantitative estimate of drug-likeness (QED) is 0.531. The van der Waals surface area contributed by atoms with Crippen molar-refractivity contribution >= 4 is 23.2 Å². The number of anilines is 3. The minimum Gasteiger partial charge on any atom is -0.497 e. The fraction of sp³-hybridized carbons (Fsp3) is 0.217. The zero-order valence-corrected chi connectivity index (χ0v) is 16.9. The van der Waals surface area contributed by atoms with Crippen LogP contribution in [-0.2, 0) is 11.3 Å². The Balaban J connectivity index is 1.81. The fourth-order valence-corrected chi connectivity index (χ4v) is 2.84. The molecule has 3 aromatic rings. The van der Waals surface area contributed by atoms with E-state index in [9.17, 15) is 4.79 Å². The van der Waals surface area contributed by atoms with E-state index >= 15 is 0 Å². The van der Waals surface area contributed by atoms with Gasteiger partial charge in [-0.15, -0.1) is 0 Å². The van der Waals surface area contributed by atoms with Gasteiger partial charge in [-0.05, 0) is 49.2 Å². The standard InChI is InChI=1S/C23H25N3O3/c1-4-29-23(27)20-15-25-22(24-14-17-8-10-19(28-3)11-9-17)13-21(20)26-18-7-5-6-16(2)12-18/h5-13,15H,4,14H2,1-3H3,(H2,24,25,26). The minimum atomic E-state index is -0.406. The number of nitrogens with zero attached hydrogens (tertiary/aromatic N) is 1. The van der Waals surface area contributed by atoms with E-state index in [-0.39, 0.29) is 0 Å². The van der Waals surface area contributed by atoms with Crippen molar-refractivity contribution in [2.75, 3.05) is 24.4 Å². The molecule has 29 heavy (non-hydrogen) atoms. The molecule has 0 bridgehead atoms. The van der Waals surface area contributed by atoms with Crippen molar-refractivity contribution in [3.8, 4) is 5.75 Å². The fourth-order valence-electron chi connectivity index (χ4n) is 2.84. The molecule has 0 spiro atoms. The Morgan fingerprint density at radius 3 is 2.59 bits per heavy atom. The van der Waals surface area contributed by atoms with Gasteiger partial charge in [-0.3, -0.25) is 0 Å². The number of benzene rings is 2. The number of hydrogen-bond donors (Lipinski definition) is 2. The first-order valence-corrected chi connectivity index (χ1v) is 9.46. The van der Waals surface area contributed by atoms with Crippen LogP contribution >= 0.6 is 0 Å². The summed E-state index contributed by atoms with van der Waals surface area (Å²) in [4.78, 5) is 16.7. The second-order valence-corrected chi connectivity index (χ2v) is 6.53. The first-order chi connectivity index (χ1) is 14.1. The Kier molecular flexibility index (Phi) is 6.68. The maximum absolute atomic E-state index is 12.3. The third-order valence-corrected chi connectivity index (χ3v) is 4.33. The maximum atomic E-state index is 12.3. The lowest BCUT2D eigenvalue weighted by Gasteiger charge is -2.14. The van der Waals surface area contributed by atoms with E-state index in [4.69, 9.17) is 9.47 Å². The van der Waals surface area contributed by atoms with Gasteiger partial charge in [0.25, 0.3) is 0 Å². The monoisotopic (exact) mass is 391 g/mol. The minimum absolute atomic E-state index is 0.306. The molecule has 0 aliphatic carbocycles. The van der Waals surface area contributed by atoms with Crippen molar-refractivity contribution in [1.82, 2.24) is 4.98 Å². The Bertz CT molecular complexity index is 971. The first kappa shape index (κ1) is 20.2. The lowest BCUT2D eigenvalue weighted by Crippen LogP contribution is -2.10. The Hall–Kier alpha value is -3.54. The van der Waals surface area contributed by atoms with E-state index in [1.54, 1.807) is 14.0 Å². The van der Waals surface area contributed by atoms with Gasteiger partial charge in [0, 0.05) is 24.5 Å². The smallest absolute Gasteiger partial charge is 0.341 e. The summed E-state index contributed by atoms with van der Waals surface area (Å²) in [6.07, 6.45) is 1.53. The van der Waals surface area contributed by atoms with Crippen LogP contribution in [-0.4, -0.2) is 24.7 Å². The molecule has 0 atom stereocenters. The van der Waals surface area contributed by atoms with Crippen molar-refractivity contribution in [2.45, 2.75) is 20.4 Å². The predicted octanol–water partition coefficient (Wildman–Crippen LogP) is 4.93. The van der Waals surface area contributed by atoms with Gasteiger partial charge in [-0.2, -0.15) is 0 Å². The Morgan fingerprint density at radius 2 is 1.90 bits per heavy atom. The highest BCUT2D eigenvalue weighted by atomic mass is 16.5. The van der Waals surface area contributed by atoms with Gasteiger partial charge in [0.1, 0.15) is 17.1 Å². The number of nitrogens with one attached hydrogen (secondary N) is 2. The first-order valence-electron chi connectivity index (χ1n) is 9.46. The Morgan fingerprint density at radius 1 is 1.10 bits per heavy atom. The van der Waals surface area contributed by atoms with Crippen LogP contribution in [0.5, 0.6) is 5.75 Å². The molecule has 0 unspecified atom stereocenters. The lowest BCUT2D eigenvalue weighted by atomic mass is 10.2. The molecule has 2 N–H and O–H groups in total. The number of ether oxygens (including phenoxy) is 2. The normalized spacial score (nSPS) is 10.3. The van der Waals surface area contributed by atoms with Crippen LogP contribution in [0.2, 0.25) is 0 Å². The van der Waals surface area contributed by atoms with E-state index in [0.29, 0.717) is 30.2 Å². The van der Waals surface area contributed by atoms with Gasteiger partial charge in [0.05, 0.1) is 19.4 Å². The van der Waals surface area contributed by atoms with Crippen LogP contribution in [0.25, 0.3) is 0 Å². The van der Waals surface area contributed by atoms with Gasteiger partial charge in [0.15, 0.2) is 0 Å². The van der Waals surface area contributed by atoms with Crippen LogP contribution in [0.3, 0.4) is 0 Å². The molecule has 1 aromatic heterocycles. The topological polar surface area (TPSA) is 72.5 Å². The third kappa shape index (κ3) is 5.48.